The van der Waals surface area contributed by atoms with E-state index in [-0.39, 0.29) is 12.1 Å². The summed E-state index contributed by atoms with van der Waals surface area (Å²) in [4.78, 5) is 0. The molecule has 1 N–H and O–H groups in total. The Balaban J connectivity index is 2.62. The van der Waals surface area contributed by atoms with Crippen molar-refractivity contribution < 1.29 is 9.47 Å². The fourth-order valence-corrected chi connectivity index (χ4v) is 3.24. The van der Waals surface area contributed by atoms with Crippen molar-refractivity contribution in [3.63, 3.8) is 0 Å². The van der Waals surface area contributed by atoms with Gasteiger partial charge in [0.1, 0.15) is 17.6 Å². The van der Waals surface area contributed by atoms with Crippen LogP contribution >= 0.6 is 31.9 Å². The van der Waals surface area contributed by atoms with E-state index in [2.05, 4.69) is 37.2 Å². The van der Waals surface area contributed by atoms with Crippen molar-refractivity contribution >= 4 is 31.9 Å². The summed E-state index contributed by atoms with van der Waals surface area (Å²) >= 11 is 7.07. The lowest BCUT2D eigenvalue weighted by molar-refractivity contribution is 0.213. The lowest BCUT2D eigenvalue weighted by Crippen LogP contribution is -2.25. The topological polar surface area (TPSA) is 30.5 Å². The third-order valence-corrected chi connectivity index (χ3v) is 4.19. The van der Waals surface area contributed by atoms with Gasteiger partial charge in [-0.1, -0.05) is 0 Å². The normalized spacial score (nSPS) is 22.8. The van der Waals surface area contributed by atoms with Crippen LogP contribution in [0.4, 0.5) is 0 Å². The number of ether oxygens (including phenoxy) is 2. The molecule has 0 fully saturated rings. The van der Waals surface area contributed by atoms with Gasteiger partial charge in [0.05, 0.1) is 22.1 Å². The van der Waals surface area contributed by atoms with Gasteiger partial charge >= 0.3 is 0 Å². The van der Waals surface area contributed by atoms with E-state index in [4.69, 9.17) is 9.47 Å². The van der Waals surface area contributed by atoms with Gasteiger partial charge in [-0.05, 0) is 51.9 Å². The number of hydrogen-bond donors (Lipinski definition) is 1. The van der Waals surface area contributed by atoms with E-state index in [1.807, 2.05) is 20.0 Å². The molecule has 3 nitrogen and oxygen atoms in total. The molecule has 2 atom stereocenters. The lowest BCUT2D eigenvalue weighted by atomic mass is 10.0. The van der Waals surface area contributed by atoms with Gasteiger partial charge in [0.25, 0.3) is 0 Å². The molecule has 2 rings (SSSR count). The zero-order chi connectivity index (χ0) is 11.9. The minimum absolute atomic E-state index is 0.111. The Hall–Kier alpha value is -0.260. The summed E-state index contributed by atoms with van der Waals surface area (Å²) in [6, 6.07) is 2.09. The van der Waals surface area contributed by atoms with Crippen molar-refractivity contribution in [3.8, 4) is 11.5 Å². The smallest absolute Gasteiger partial charge is 0.140 e. The molecule has 0 radical (unpaired) electrons. The van der Waals surface area contributed by atoms with Crippen molar-refractivity contribution in [1.29, 1.82) is 0 Å². The van der Waals surface area contributed by atoms with Crippen LogP contribution in [0.1, 0.15) is 18.5 Å². The summed E-state index contributed by atoms with van der Waals surface area (Å²) in [5, 5.41) is 3.26. The molecule has 0 amide bonds. The molecule has 0 spiro atoms. The Bertz CT molecular complexity index is 423. The average Bonchev–Trinajstić information content (AvgIpc) is 2.61. The van der Waals surface area contributed by atoms with Gasteiger partial charge in [-0.15, -0.1) is 0 Å². The van der Waals surface area contributed by atoms with E-state index in [1.165, 1.54) is 0 Å². The molecule has 1 aliphatic rings. The molecule has 0 saturated heterocycles. The number of likely N-dealkylation sites (N-methyl/N-ethyl adjacent to an activating group) is 1. The van der Waals surface area contributed by atoms with E-state index >= 15 is 0 Å². The summed E-state index contributed by atoms with van der Waals surface area (Å²) in [7, 11) is 3.59. The van der Waals surface area contributed by atoms with Crippen molar-refractivity contribution in [3.05, 3.63) is 20.6 Å². The molecule has 5 heteroatoms. The number of hydrogen-bond acceptors (Lipinski definition) is 3. The van der Waals surface area contributed by atoms with Crippen LogP contribution in [0.3, 0.4) is 0 Å². The largest absolute Gasteiger partial charge is 0.496 e. The van der Waals surface area contributed by atoms with Crippen LogP contribution < -0.4 is 14.8 Å². The second-order valence-corrected chi connectivity index (χ2v) is 5.35. The van der Waals surface area contributed by atoms with Crippen LogP contribution in [-0.2, 0) is 0 Å². The number of methoxy groups -OCH3 is 1. The van der Waals surface area contributed by atoms with E-state index in [1.54, 1.807) is 7.11 Å². The molecule has 1 heterocycles. The first-order chi connectivity index (χ1) is 7.60. The molecule has 0 aliphatic carbocycles. The first-order valence-corrected chi connectivity index (χ1v) is 6.58. The van der Waals surface area contributed by atoms with E-state index in [0.717, 1.165) is 26.0 Å². The van der Waals surface area contributed by atoms with Crippen LogP contribution in [0.5, 0.6) is 11.5 Å². The highest BCUT2D eigenvalue weighted by molar-refractivity contribution is 9.11. The van der Waals surface area contributed by atoms with E-state index in [9.17, 15) is 0 Å². The number of rotatable bonds is 2. The molecule has 88 valence electrons. The van der Waals surface area contributed by atoms with Crippen molar-refractivity contribution in [1.82, 2.24) is 5.32 Å². The third-order valence-electron chi connectivity index (χ3n) is 2.79. The SMILES string of the molecule is CNC1c2c(Br)c(OC)cc(Br)c2OC1C. The highest BCUT2D eigenvalue weighted by Crippen LogP contribution is 2.49. The van der Waals surface area contributed by atoms with Crippen LogP contribution in [0, 0.1) is 0 Å². The molecule has 1 aromatic carbocycles. The predicted molar refractivity (Wildman–Crippen MR) is 70.3 cm³/mol. The molecule has 2 unspecified atom stereocenters. The Morgan fingerprint density at radius 2 is 2.12 bits per heavy atom. The summed E-state index contributed by atoms with van der Waals surface area (Å²) < 4.78 is 13.0. The maximum atomic E-state index is 5.83. The standard InChI is InChI=1S/C11H13Br2NO2/c1-5-10(14-2)8-9(13)7(15-3)4-6(12)11(8)16-5/h4-5,10,14H,1-3H3. The van der Waals surface area contributed by atoms with Crippen molar-refractivity contribution in [2.75, 3.05) is 14.2 Å². The Kier molecular flexibility index (Phi) is 3.47. The minimum Gasteiger partial charge on any atom is -0.496 e. The molecule has 16 heavy (non-hydrogen) atoms. The first-order valence-electron chi connectivity index (χ1n) is 5.00. The van der Waals surface area contributed by atoms with E-state index < -0.39 is 0 Å². The van der Waals surface area contributed by atoms with Crippen LogP contribution in [0.15, 0.2) is 15.0 Å². The van der Waals surface area contributed by atoms with E-state index in [0.29, 0.717) is 0 Å². The first kappa shape index (κ1) is 12.2. The number of benzene rings is 1. The molecular formula is C11H13Br2NO2. The van der Waals surface area contributed by atoms with Gasteiger partial charge < -0.3 is 14.8 Å². The molecule has 0 aromatic heterocycles. The molecule has 1 aromatic rings. The molecule has 1 aliphatic heterocycles. The van der Waals surface area contributed by atoms with Crippen molar-refractivity contribution in [2.24, 2.45) is 0 Å². The van der Waals surface area contributed by atoms with Crippen LogP contribution in [0.25, 0.3) is 0 Å². The number of halogens is 2. The zero-order valence-electron chi connectivity index (χ0n) is 9.30. The molecular weight excluding hydrogens is 338 g/mol. The number of fused-ring (bicyclic) bond motifs is 1. The van der Waals surface area contributed by atoms with Gasteiger partial charge in [-0.3, -0.25) is 0 Å². The second kappa shape index (κ2) is 4.55. The average molecular weight is 351 g/mol. The third kappa shape index (κ3) is 1.75. The van der Waals surface area contributed by atoms with Crippen LogP contribution in [-0.4, -0.2) is 20.3 Å². The Morgan fingerprint density at radius 3 is 2.69 bits per heavy atom. The highest BCUT2D eigenvalue weighted by Gasteiger charge is 2.35. The van der Waals surface area contributed by atoms with Gasteiger partial charge in [-0.2, -0.15) is 0 Å². The minimum atomic E-state index is 0.111. The summed E-state index contributed by atoms with van der Waals surface area (Å²) in [5.41, 5.74) is 1.11. The molecule has 0 bridgehead atoms. The summed E-state index contributed by atoms with van der Waals surface area (Å²) in [6.45, 7) is 2.05. The van der Waals surface area contributed by atoms with Crippen molar-refractivity contribution in [2.45, 2.75) is 19.1 Å². The predicted octanol–water partition coefficient (Wildman–Crippen LogP) is 3.26. The fourth-order valence-electron chi connectivity index (χ4n) is 2.02. The monoisotopic (exact) mass is 349 g/mol. The Morgan fingerprint density at radius 1 is 1.44 bits per heavy atom. The highest BCUT2D eigenvalue weighted by atomic mass is 79.9. The Labute approximate surface area is 112 Å². The quantitative estimate of drug-likeness (QED) is 0.888. The van der Waals surface area contributed by atoms with Gasteiger partial charge in [0, 0.05) is 5.56 Å². The zero-order valence-corrected chi connectivity index (χ0v) is 12.5. The van der Waals surface area contributed by atoms with Crippen LogP contribution in [0.2, 0.25) is 0 Å². The number of nitrogens with one attached hydrogen (secondary N) is 1. The maximum Gasteiger partial charge on any atom is 0.140 e. The summed E-state index contributed by atoms with van der Waals surface area (Å²) in [5.74, 6) is 1.70. The summed E-state index contributed by atoms with van der Waals surface area (Å²) in [6.07, 6.45) is 0.111. The molecule has 0 saturated carbocycles. The van der Waals surface area contributed by atoms with Gasteiger partial charge in [-0.25, -0.2) is 0 Å². The maximum absolute atomic E-state index is 5.83. The van der Waals surface area contributed by atoms with Gasteiger partial charge in [0.2, 0.25) is 0 Å². The van der Waals surface area contributed by atoms with Gasteiger partial charge in [0.15, 0.2) is 0 Å². The fraction of sp³-hybridized carbons (Fsp3) is 0.455. The second-order valence-electron chi connectivity index (χ2n) is 3.71. The lowest BCUT2D eigenvalue weighted by Gasteiger charge is -2.15.